The number of ether oxygens (including phenoxy) is 1. The van der Waals surface area contributed by atoms with Crippen molar-refractivity contribution in [2.45, 2.75) is 19.1 Å². The monoisotopic (exact) mass is 285 g/mol. The highest BCUT2D eigenvalue weighted by Gasteiger charge is 2.12. The summed E-state index contributed by atoms with van der Waals surface area (Å²) in [6, 6.07) is 13.4. The Morgan fingerprint density at radius 3 is 2.62 bits per heavy atom. The fourth-order valence-electron chi connectivity index (χ4n) is 1.93. The molecule has 0 aliphatic carbocycles. The van der Waals surface area contributed by atoms with Crippen molar-refractivity contribution in [1.29, 1.82) is 0 Å². The van der Waals surface area contributed by atoms with E-state index in [-0.39, 0.29) is 12.6 Å². The summed E-state index contributed by atoms with van der Waals surface area (Å²) >= 11 is 0. The number of hydrogen-bond acceptors (Lipinski definition) is 4. The third kappa shape index (κ3) is 5.24. The first-order valence-corrected chi connectivity index (χ1v) is 6.84. The summed E-state index contributed by atoms with van der Waals surface area (Å²) in [7, 11) is 0. The Morgan fingerprint density at radius 1 is 1.19 bits per heavy atom. The lowest BCUT2D eigenvalue weighted by Gasteiger charge is -2.16. The maximum Gasteiger partial charge on any atom is 0.407 e. The van der Waals surface area contributed by atoms with Crippen molar-refractivity contribution < 1.29 is 9.53 Å². The number of nitrogens with two attached hydrogens (primary N) is 1. The minimum atomic E-state index is -0.467. The number of aromatic nitrogens is 1. The number of alkyl carbamates (subject to hydrolysis) is 1. The molecule has 0 saturated heterocycles. The summed E-state index contributed by atoms with van der Waals surface area (Å²) in [4.78, 5) is 15.7. The smallest absolute Gasteiger partial charge is 0.407 e. The molecule has 0 fully saturated rings. The number of benzene rings is 1. The van der Waals surface area contributed by atoms with Crippen LogP contribution in [0.2, 0.25) is 0 Å². The van der Waals surface area contributed by atoms with Crippen molar-refractivity contribution >= 4 is 6.09 Å². The molecule has 0 saturated carbocycles. The van der Waals surface area contributed by atoms with Crippen molar-refractivity contribution in [3.8, 4) is 0 Å². The lowest BCUT2D eigenvalue weighted by molar-refractivity contribution is 0.135. The molecule has 1 heterocycles. The molecule has 1 aromatic heterocycles. The Labute approximate surface area is 124 Å². The van der Waals surface area contributed by atoms with E-state index >= 15 is 0 Å². The number of carbonyl (C=O) groups is 1. The van der Waals surface area contributed by atoms with Gasteiger partial charge in [0, 0.05) is 30.5 Å². The van der Waals surface area contributed by atoms with Gasteiger partial charge in [-0.2, -0.15) is 0 Å². The lowest BCUT2D eigenvalue weighted by Crippen LogP contribution is -2.41. The molecule has 110 valence electrons. The van der Waals surface area contributed by atoms with Gasteiger partial charge in [-0.15, -0.1) is 0 Å². The van der Waals surface area contributed by atoms with E-state index in [9.17, 15) is 4.79 Å². The highest BCUT2D eigenvalue weighted by Crippen LogP contribution is 2.03. The first-order valence-electron chi connectivity index (χ1n) is 6.84. The fourth-order valence-corrected chi connectivity index (χ4v) is 1.93. The summed E-state index contributed by atoms with van der Waals surface area (Å²) in [6.07, 6.45) is 3.55. The zero-order chi connectivity index (χ0) is 14.9. The van der Waals surface area contributed by atoms with Crippen LogP contribution in [0, 0.1) is 0 Å². The molecular weight excluding hydrogens is 266 g/mol. The summed E-state index contributed by atoms with van der Waals surface area (Å²) in [5.41, 5.74) is 7.67. The van der Waals surface area contributed by atoms with E-state index in [4.69, 9.17) is 10.5 Å². The Hall–Kier alpha value is -2.40. The van der Waals surface area contributed by atoms with Gasteiger partial charge in [-0.1, -0.05) is 36.4 Å². The SMILES string of the molecule is NCC(Cc1ccccc1)NC(=O)OCc1cccnc1. The standard InChI is InChI=1S/C16H19N3O2/c17-10-15(9-13-5-2-1-3-6-13)19-16(20)21-12-14-7-4-8-18-11-14/h1-8,11,15H,9-10,12,17H2,(H,19,20). The Balaban J connectivity index is 1.80. The summed E-state index contributed by atoms with van der Waals surface area (Å²) in [6.45, 7) is 0.555. The van der Waals surface area contributed by atoms with E-state index in [0.29, 0.717) is 13.0 Å². The van der Waals surface area contributed by atoms with Crippen molar-refractivity contribution in [3.63, 3.8) is 0 Å². The van der Waals surface area contributed by atoms with Gasteiger partial charge in [0.1, 0.15) is 6.61 Å². The van der Waals surface area contributed by atoms with Crippen LogP contribution < -0.4 is 11.1 Å². The van der Waals surface area contributed by atoms with Gasteiger partial charge in [-0.25, -0.2) is 4.79 Å². The highest BCUT2D eigenvalue weighted by molar-refractivity contribution is 5.67. The van der Waals surface area contributed by atoms with Gasteiger partial charge in [-0.3, -0.25) is 4.98 Å². The third-order valence-electron chi connectivity index (χ3n) is 3.02. The van der Waals surface area contributed by atoms with Crippen LogP contribution in [-0.4, -0.2) is 23.7 Å². The van der Waals surface area contributed by atoms with Crippen molar-refractivity contribution in [2.75, 3.05) is 6.54 Å². The summed E-state index contributed by atoms with van der Waals surface area (Å²) < 4.78 is 5.15. The first kappa shape index (κ1) is 15.0. The van der Waals surface area contributed by atoms with Crippen LogP contribution in [0.5, 0.6) is 0 Å². The van der Waals surface area contributed by atoms with E-state index in [1.807, 2.05) is 36.4 Å². The molecule has 0 spiro atoms. The van der Waals surface area contributed by atoms with E-state index in [1.54, 1.807) is 18.5 Å². The van der Waals surface area contributed by atoms with Gasteiger partial charge in [-0.05, 0) is 18.1 Å². The van der Waals surface area contributed by atoms with Crippen LogP contribution in [-0.2, 0) is 17.8 Å². The van der Waals surface area contributed by atoms with Crippen LogP contribution in [0.1, 0.15) is 11.1 Å². The molecule has 0 aliphatic rings. The molecule has 3 N–H and O–H groups in total. The maximum atomic E-state index is 11.8. The lowest BCUT2D eigenvalue weighted by atomic mass is 10.1. The van der Waals surface area contributed by atoms with Crippen LogP contribution in [0.15, 0.2) is 54.9 Å². The molecule has 1 amide bonds. The highest BCUT2D eigenvalue weighted by atomic mass is 16.5. The molecule has 1 atom stereocenters. The van der Waals surface area contributed by atoms with Gasteiger partial charge >= 0.3 is 6.09 Å². The second-order valence-corrected chi connectivity index (χ2v) is 4.70. The average molecular weight is 285 g/mol. The predicted octanol–water partition coefficient (Wildman–Crippen LogP) is 1.88. The quantitative estimate of drug-likeness (QED) is 0.849. The van der Waals surface area contributed by atoms with Crippen LogP contribution in [0.3, 0.4) is 0 Å². The Kier molecular flexibility index (Phi) is 5.72. The molecule has 1 unspecified atom stereocenters. The average Bonchev–Trinajstić information content (AvgIpc) is 2.54. The van der Waals surface area contributed by atoms with Gasteiger partial charge in [0.05, 0.1) is 0 Å². The zero-order valence-electron chi connectivity index (χ0n) is 11.7. The van der Waals surface area contributed by atoms with Crippen molar-refractivity contribution in [1.82, 2.24) is 10.3 Å². The second-order valence-electron chi connectivity index (χ2n) is 4.70. The predicted molar refractivity (Wildman–Crippen MR) is 80.5 cm³/mol. The number of hydrogen-bond donors (Lipinski definition) is 2. The van der Waals surface area contributed by atoms with Crippen LogP contribution >= 0.6 is 0 Å². The van der Waals surface area contributed by atoms with Gasteiger partial charge in [0.15, 0.2) is 0 Å². The summed E-state index contributed by atoms with van der Waals surface area (Å²) in [5, 5.41) is 2.78. The molecule has 0 bridgehead atoms. The molecule has 0 aliphatic heterocycles. The topological polar surface area (TPSA) is 77.2 Å². The molecule has 0 radical (unpaired) electrons. The van der Waals surface area contributed by atoms with E-state index in [0.717, 1.165) is 11.1 Å². The van der Waals surface area contributed by atoms with Gasteiger partial charge in [0.2, 0.25) is 0 Å². The minimum Gasteiger partial charge on any atom is -0.445 e. The number of nitrogens with zero attached hydrogens (tertiary/aromatic N) is 1. The minimum absolute atomic E-state index is 0.145. The number of pyridine rings is 1. The van der Waals surface area contributed by atoms with Crippen LogP contribution in [0.25, 0.3) is 0 Å². The third-order valence-corrected chi connectivity index (χ3v) is 3.02. The van der Waals surface area contributed by atoms with E-state index in [2.05, 4.69) is 10.3 Å². The van der Waals surface area contributed by atoms with Crippen molar-refractivity contribution in [2.24, 2.45) is 5.73 Å². The number of nitrogens with one attached hydrogen (secondary N) is 1. The zero-order valence-corrected chi connectivity index (χ0v) is 11.7. The maximum absolute atomic E-state index is 11.8. The normalized spacial score (nSPS) is 11.7. The molecular formula is C16H19N3O2. The molecule has 1 aromatic carbocycles. The fraction of sp³-hybridized carbons (Fsp3) is 0.250. The summed E-state index contributed by atoms with van der Waals surface area (Å²) in [5.74, 6) is 0. The molecule has 2 rings (SSSR count). The van der Waals surface area contributed by atoms with Gasteiger partial charge in [0.25, 0.3) is 0 Å². The Bertz CT molecular complexity index is 546. The van der Waals surface area contributed by atoms with E-state index in [1.165, 1.54) is 0 Å². The largest absolute Gasteiger partial charge is 0.445 e. The second kappa shape index (κ2) is 8.01. The molecule has 2 aromatic rings. The number of amides is 1. The van der Waals surface area contributed by atoms with Crippen LogP contribution in [0.4, 0.5) is 4.79 Å². The first-order chi connectivity index (χ1) is 10.3. The number of carbonyl (C=O) groups excluding carboxylic acids is 1. The Morgan fingerprint density at radius 2 is 1.95 bits per heavy atom. The number of rotatable bonds is 6. The molecule has 5 heteroatoms. The van der Waals surface area contributed by atoms with Crippen molar-refractivity contribution in [3.05, 3.63) is 66.0 Å². The molecule has 5 nitrogen and oxygen atoms in total. The van der Waals surface area contributed by atoms with E-state index < -0.39 is 6.09 Å². The molecule has 21 heavy (non-hydrogen) atoms. The van der Waals surface area contributed by atoms with Gasteiger partial charge < -0.3 is 15.8 Å².